The van der Waals surface area contributed by atoms with Gasteiger partial charge in [-0.2, -0.15) is 0 Å². The summed E-state index contributed by atoms with van der Waals surface area (Å²) in [4.78, 5) is 14.4. The molecule has 1 fully saturated rings. The lowest BCUT2D eigenvalue weighted by atomic mass is 9.97. The number of carbonyl (C=O) groups excluding carboxylic acids is 1. The molecule has 0 spiro atoms. The van der Waals surface area contributed by atoms with Crippen LogP contribution in [0.5, 0.6) is 0 Å². The van der Waals surface area contributed by atoms with Crippen LogP contribution in [-0.2, 0) is 4.79 Å². The smallest absolute Gasteiger partial charge is 0.220 e. The Balaban J connectivity index is 1.69. The highest BCUT2D eigenvalue weighted by atomic mass is 16.1. The van der Waals surface area contributed by atoms with Crippen molar-refractivity contribution in [3.05, 3.63) is 29.8 Å². The number of nitrogen functional groups attached to an aromatic ring is 1. The van der Waals surface area contributed by atoms with Crippen LogP contribution in [0.15, 0.2) is 24.3 Å². The van der Waals surface area contributed by atoms with Gasteiger partial charge in [-0.25, -0.2) is 0 Å². The van der Waals surface area contributed by atoms with Crippen LogP contribution in [0.2, 0.25) is 0 Å². The summed E-state index contributed by atoms with van der Waals surface area (Å²) in [6.07, 6.45) is 3.16. The average molecular weight is 289 g/mol. The molecule has 1 unspecified atom stereocenters. The van der Waals surface area contributed by atoms with Crippen LogP contribution >= 0.6 is 0 Å². The van der Waals surface area contributed by atoms with Gasteiger partial charge >= 0.3 is 0 Å². The normalized spacial score (nSPS) is 16.0. The number of anilines is 1. The fourth-order valence-electron chi connectivity index (χ4n) is 2.67. The molecule has 0 heterocycles. The molecule has 1 aliphatic rings. The summed E-state index contributed by atoms with van der Waals surface area (Å²) < 4.78 is 0. The van der Waals surface area contributed by atoms with Crippen molar-refractivity contribution in [1.29, 1.82) is 0 Å². The molecule has 0 radical (unpaired) electrons. The standard InChI is InChI=1S/C17H27N3O/c1-3-20(16-8-9-16)11-10-19-17(21)12-13(2)14-4-6-15(18)7-5-14/h4-7,13,16H,3,8-12,18H2,1-2H3,(H,19,21). The fraction of sp³-hybridized carbons (Fsp3) is 0.588. The van der Waals surface area contributed by atoms with Crippen LogP contribution in [0.25, 0.3) is 0 Å². The van der Waals surface area contributed by atoms with E-state index in [4.69, 9.17) is 5.73 Å². The maximum absolute atomic E-state index is 12.0. The first kappa shape index (κ1) is 15.8. The molecule has 0 bridgehead atoms. The highest BCUT2D eigenvalue weighted by Gasteiger charge is 2.27. The van der Waals surface area contributed by atoms with Crippen molar-refractivity contribution in [3.63, 3.8) is 0 Å². The first-order valence-corrected chi connectivity index (χ1v) is 7.96. The van der Waals surface area contributed by atoms with E-state index in [9.17, 15) is 4.79 Å². The van der Waals surface area contributed by atoms with E-state index in [1.54, 1.807) is 0 Å². The van der Waals surface area contributed by atoms with Crippen molar-refractivity contribution >= 4 is 11.6 Å². The van der Waals surface area contributed by atoms with Crippen LogP contribution < -0.4 is 11.1 Å². The maximum Gasteiger partial charge on any atom is 0.220 e. The lowest BCUT2D eigenvalue weighted by molar-refractivity contribution is -0.121. The zero-order chi connectivity index (χ0) is 15.2. The summed E-state index contributed by atoms with van der Waals surface area (Å²) >= 11 is 0. The molecule has 0 saturated heterocycles. The van der Waals surface area contributed by atoms with Gasteiger partial charge in [0.05, 0.1) is 0 Å². The number of likely N-dealkylation sites (N-methyl/N-ethyl adjacent to an activating group) is 1. The molecule has 1 aromatic rings. The molecule has 1 aliphatic carbocycles. The average Bonchev–Trinajstić information content (AvgIpc) is 3.29. The van der Waals surface area contributed by atoms with E-state index < -0.39 is 0 Å². The Kier molecular flexibility index (Phi) is 5.62. The number of nitrogens with two attached hydrogens (primary N) is 1. The van der Waals surface area contributed by atoms with E-state index >= 15 is 0 Å². The van der Waals surface area contributed by atoms with Gasteiger partial charge in [0.2, 0.25) is 5.91 Å². The molecule has 1 saturated carbocycles. The number of nitrogens with one attached hydrogen (secondary N) is 1. The highest BCUT2D eigenvalue weighted by molar-refractivity contribution is 5.76. The number of hydrogen-bond donors (Lipinski definition) is 2. The number of benzene rings is 1. The third-order valence-electron chi connectivity index (χ3n) is 4.19. The van der Waals surface area contributed by atoms with Crippen molar-refractivity contribution in [1.82, 2.24) is 10.2 Å². The third kappa shape index (κ3) is 5.05. The van der Waals surface area contributed by atoms with E-state index in [2.05, 4.69) is 24.1 Å². The van der Waals surface area contributed by atoms with Gasteiger partial charge in [0, 0.05) is 31.2 Å². The van der Waals surface area contributed by atoms with Crippen molar-refractivity contribution < 1.29 is 4.79 Å². The first-order chi connectivity index (χ1) is 10.1. The number of rotatable bonds is 8. The van der Waals surface area contributed by atoms with Crippen LogP contribution in [0.3, 0.4) is 0 Å². The quantitative estimate of drug-likeness (QED) is 0.722. The number of carbonyl (C=O) groups is 1. The summed E-state index contributed by atoms with van der Waals surface area (Å²) in [6.45, 7) is 7.04. The van der Waals surface area contributed by atoms with Gasteiger partial charge in [-0.15, -0.1) is 0 Å². The number of amides is 1. The Labute approximate surface area is 127 Å². The third-order valence-corrected chi connectivity index (χ3v) is 4.19. The van der Waals surface area contributed by atoms with Crippen LogP contribution in [0.4, 0.5) is 5.69 Å². The molecular formula is C17H27N3O. The van der Waals surface area contributed by atoms with Crippen molar-refractivity contribution in [3.8, 4) is 0 Å². The van der Waals surface area contributed by atoms with Crippen LogP contribution in [0.1, 0.15) is 44.6 Å². The Morgan fingerprint density at radius 3 is 2.62 bits per heavy atom. The predicted molar refractivity (Wildman–Crippen MR) is 87.2 cm³/mol. The van der Waals surface area contributed by atoms with Gasteiger partial charge in [-0.1, -0.05) is 26.0 Å². The van der Waals surface area contributed by atoms with Crippen molar-refractivity contribution in [2.24, 2.45) is 0 Å². The molecule has 1 aromatic carbocycles. The first-order valence-electron chi connectivity index (χ1n) is 7.96. The summed E-state index contributed by atoms with van der Waals surface area (Å²) in [7, 11) is 0. The van der Waals surface area contributed by atoms with Gasteiger partial charge < -0.3 is 11.1 Å². The van der Waals surface area contributed by atoms with Crippen LogP contribution in [-0.4, -0.2) is 36.5 Å². The van der Waals surface area contributed by atoms with E-state index in [0.717, 1.165) is 36.9 Å². The van der Waals surface area contributed by atoms with E-state index in [1.165, 1.54) is 12.8 Å². The summed E-state index contributed by atoms with van der Waals surface area (Å²) in [5.41, 5.74) is 7.60. The Morgan fingerprint density at radius 1 is 1.38 bits per heavy atom. The van der Waals surface area contributed by atoms with E-state index in [1.807, 2.05) is 24.3 Å². The SMILES string of the molecule is CCN(CCNC(=O)CC(C)c1ccc(N)cc1)C1CC1. The molecule has 116 valence electrons. The number of hydrogen-bond acceptors (Lipinski definition) is 3. The second-order valence-electron chi connectivity index (χ2n) is 5.98. The molecule has 1 amide bonds. The van der Waals surface area contributed by atoms with Crippen molar-refractivity contribution in [2.45, 2.75) is 45.1 Å². The topological polar surface area (TPSA) is 58.4 Å². The van der Waals surface area contributed by atoms with E-state index in [-0.39, 0.29) is 11.8 Å². The molecule has 2 rings (SSSR count). The Bertz CT molecular complexity index is 454. The molecule has 1 atom stereocenters. The fourth-order valence-corrected chi connectivity index (χ4v) is 2.67. The summed E-state index contributed by atoms with van der Waals surface area (Å²) in [5.74, 6) is 0.350. The lowest BCUT2D eigenvalue weighted by Gasteiger charge is -2.20. The zero-order valence-corrected chi connectivity index (χ0v) is 13.1. The minimum absolute atomic E-state index is 0.131. The summed E-state index contributed by atoms with van der Waals surface area (Å²) in [6, 6.07) is 8.54. The van der Waals surface area contributed by atoms with Gasteiger partial charge in [0.15, 0.2) is 0 Å². The summed E-state index contributed by atoms with van der Waals surface area (Å²) in [5, 5.41) is 3.04. The molecule has 0 aromatic heterocycles. The van der Waals surface area contributed by atoms with Crippen LogP contribution in [0, 0.1) is 0 Å². The lowest BCUT2D eigenvalue weighted by Crippen LogP contribution is -2.36. The van der Waals surface area contributed by atoms with Gasteiger partial charge in [0.25, 0.3) is 0 Å². The molecule has 0 aliphatic heterocycles. The molecular weight excluding hydrogens is 262 g/mol. The zero-order valence-electron chi connectivity index (χ0n) is 13.1. The minimum Gasteiger partial charge on any atom is -0.399 e. The number of nitrogens with zero attached hydrogens (tertiary/aromatic N) is 1. The molecule has 21 heavy (non-hydrogen) atoms. The largest absolute Gasteiger partial charge is 0.399 e. The second kappa shape index (κ2) is 7.46. The predicted octanol–water partition coefficient (Wildman–Crippen LogP) is 2.36. The highest BCUT2D eigenvalue weighted by Crippen LogP contribution is 2.25. The van der Waals surface area contributed by atoms with E-state index in [0.29, 0.717) is 6.42 Å². The molecule has 3 N–H and O–H groups in total. The second-order valence-corrected chi connectivity index (χ2v) is 5.98. The Morgan fingerprint density at radius 2 is 2.05 bits per heavy atom. The van der Waals surface area contributed by atoms with Gasteiger partial charge in [0.1, 0.15) is 0 Å². The van der Waals surface area contributed by atoms with Gasteiger partial charge in [-0.05, 0) is 43.0 Å². The minimum atomic E-state index is 0.131. The Hall–Kier alpha value is -1.55. The monoisotopic (exact) mass is 289 g/mol. The van der Waals surface area contributed by atoms with Gasteiger partial charge in [-0.3, -0.25) is 9.69 Å². The molecule has 4 nitrogen and oxygen atoms in total. The maximum atomic E-state index is 12.0. The molecule has 4 heteroatoms. The van der Waals surface area contributed by atoms with Crippen molar-refractivity contribution in [2.75, 3.05) is 25.4 Å².